The Morgan fingerprint density at radius 3 is 2.30 bits per heavy atom. The summed E-state index contributed by atoms with van der Waals surface area (Å²) in [5, 5.41) is 15.5. The minimum absolute atomic E-state index is 0.121. The van der Waals surface area contributed by atoms with Crippen LogP contribution in [0.5, 0.6) is 5.75 Å². The number of aryl methyl sites for hydroxylation is 1. The van der Waals surface area contributed by atoms with Crippen LogP contribution in [-0.2, 0) is 14.3 Å². The minimum atomic E-state index is -0.888. The van der Waals surface area contributed by atoms with Crippen LogP contribution in [0.15, 0.2) is 18.2 Å². The number of benzene rings is 1. The van der Waals surface area contributed by atoms with E-state index in [1.54, 1.807) is 46.8 Å². The maximum absolute atomic E-state index is 13.5. The van der Waals surface area contributed by atoms with Gasteiger partial charge in [0.2, 0.25) is 11.8 Å². The molecular formula is C25H41N3O5. The molecule has 3 N–H and O–H groups in total. The van der Waals surface area contributed by atoms with Crippen LogP contribution >= 0.6 is 0 Å². The highest BCUT2D eigenvalue weighted by Gasteiger charge is 2.34. The van der Waals surface area contributed by atoms with Crippen molar-refractivity contribution in [3.8, 4) is 5.75 Å². The van der Waals surface area contributed by atoms with Gasteiger partial charge in [-0.25, -0.2) is 4.79 Å². The summed E-state index contributed by atoms with van der Waals surface area (Å²) in [5.74, 6) is -0.548. The lowest BCUT2D eigenvalue weighted by molar-refractivity contribution is -0.142. The van der Waals surface area contributed by atoms with Gasteiger partial charge < -0.3 is 25.4 Å². The standard InChI is InChI=1S/C25H41N3O5/c1-8-10-14-26-22(30)21(19-12-13-20(29)17(3)16-19)28(15-11-9-2)23(31)18(4)27-24(32)33-25(5,6)7/h12-13,16,18,21,29H,8-11,14-15H2,1-7H3,(H,26,30)(H,27,32). The van der Waals surface area contributed by atoms with Crippen LogP contribution in [0, 0.1) is 6.92 Å². The molecule has 0 aromatic heterocycles. The molecule has 0 radical (unpaired) electrons. The van der Waals surface area contributed by atoms with Gasteiger partial charge in [0.05, 0.1) is 0 Å². The first kappa shape index (κ1) is 28.3. The van der Waals surface area contributed by atoms with Gasteiger partial charge in [0.15, 0.2) is 0 Å². The number of carbonyl (C=O) groups excluding carboxylic acids is 3. The van der Waals surface area contributed by atoms with E-state index in [0.29, 0.717) is 30.6 Å². The number of ether oxygens (including phenoxy) is 1. The summed E-state index contributed by atoms with van der Waals surface area (Å²) in [5.41, 5.74) is 0.523. The Bertz CT molecular complexity index is 804. The second-order valence-electron chi connectivity index (χ2n) is 9.35. The van der Waals surface area contributed by atoms with Gasteiger partial charge in [-0.2, -0.15) is 0 Å². The normalized spacial score (nSPS) is 13.1. The molecule has 0 heterocycles. The number of nitrogens with zero attached hydrogens (tertiary/aromatic N) is 1. The van der Waals surface area contributed by atoms with Gasteiger partial charge in [-0.15, -0.1) is 0 Å². The number of amides is 3. The van der Waals surface area contributed by atoms with Crippen molar-refractivity contribution in [2.45, 2.75) is 91.8 Å². The largest absolute Gasteiger partial charge is 0.508 e. The summed E-state index contributed by atoms with van der Waals surface area (Å²) >= 11 is 0. The van der Waals surface area contributed by atoms with Crippen molar-refractivity contribution < 1.29 is 24.2 Å². The molecule has 2 atom stereocenters. The van der Waals surface area contributed by atoms with Crippen LogP contribution in [0.4, 0.5) is 4.79 Å². The van der Waals surface area contributed by atoms with Crippen LogP contribution in [0.2, 0.25) is 0 Å². The van der Waals surface area contributed by atoms with Gasteiger partial charge in [-0.05, 0) is 70.7 Å². The number of aromatic hydroxyl groups is 1. The van der Waals surface area contributed by atoms with E-state index in [1.165, 1.54) is 11.0 Å². The van der Waals surface area contributed by atoms with Crippen molar-refractivity contribution in [2.75, 3.05) is 13.1 Å². The number of nitrogens with one attached hydrogen (secondary N) is 2. The van der Waals surface area contributed by atoms with Crippen molar-refractivity contribution in [3.63, 3.8) is 0 Å². The molecule has 0 aliphatic carbocycles. The van der Waals surface area contributed by atoms with Crippen molar-refractivity contribution in [2.24, 2.45) is 0 Å². The van der Waals surface area contributed by atoms with Gasteiger partial charge in [0.25, 0.3) is 0 Å². The number of phenolic OH excluding ortho intramolecular Hbond substituents is 1. The molecule has 0 saturated carbocycles. The zero-order valence-corrected chi connectivity index (χ0v) is 21.2. The summed E-state index contributed by atoms with van der Waals surface area (Å²) in [6, 6.07) is 3.13. The zero-order chi connectivity index (χ0) is 25.2. The maximum Gasteiger partial charge on any atom is 0.408 e. The molecule has 33 heavy (non-hydrogen) atoms. The Labute approximate surface area is 198 Å². The monoisotopic (exact) mass is 463 g/mol. The predicted octanol–water partition coefficient (Wildman–Crippen LogP) is 4.20. The first-order chi connectivity index (χ1) is 15.4. The molecule has 0 spiro atoms. The fraction of sp³-hybridized carbons (Fsp3) is 0.640. The van der Waals surface area contributed by atoms with E-state index in [-0.39, 0.29) is 17.6 Å². The van der Waals surface area contributed by atoms with Crippen molar-refractivity contribution in [3.05, 3.63) is 29.3 Å². The lowest BCUT2D eigenvalue weighted by Gasteiger charge is -2.34. The third-order valence-electron chi connectivity index (χ3n) is 5.07. The molecule has 0 saturated heterocycles. The number of hydrogen-bond donors (Lipinski definition) is 3. The second-order valence-corrected chi connectivity index (χ2v) is 9.35. The van der Waals surface area contributed by atoms with Gasteiger partial charge in [-0.1, -0.05) is 32.8 Å². The van der Waals surface area contributed by atoms with Crippen LogP contribution in [0.25, 0.3) is 0 Å². The second kappa shape index (κ2) is 13.1. The van der Waals surface area contributed by atoms with E-state index in [4.69, 9.17) is 4.74 Å². The van der Waals surface area contributed by atoms with E-state index in [2.05, 4.69) is 10.6 Å². The quantitative estimate of drug-likeness (QED) is 0.426. The highest BCUT2D eigenvalue weighted by Crippen LogP contribution is 2.27. The molecular weight excluding hydrogens is 422 g/mol. The molecule has 1 aromatic carbocycles. The summed E-state index contributed by atoms with van der Waals surface area (Å²) in [6.45, 7) is 13.5. The highest BCUT2D eigenvalue weighted by molar-refractivity contribution is 5.92. The van der Waals surface area contributed by atoms with Crippen molar-refractivity contribution >= 4 is 17.9 Å². The molecule has 8 heteroatoms. The van der Waals surface area contributed by atoms with E-state index in [0.717, 1.165) is 19.3 Å². The van der Waals surface area contributed by atoms with Crippen LogP contribution < -0.4 is 10.6 Å². The predicted molar refractivity (Wildman–Crippen MR) is 129 cm³/mol. The van der Waals surface area contributed by atoms with Gasteiger partial charge in [0, 0.05) is 13.1 Å². The number of phenols is 1. The smallest absolute Gasteiger partial charge is 0.408 e. The van der Waals surface area contributed by atoms with Gasteiger partial charge in [-0.3, -0.25) is 9.59 Å². The van der Waals surface area contributed by atoms with Crippen LogP contribution in [-0.4, -0.2) is 52.6 Å². The van der Waals surface area contributed by atoms with E-state index >= 15 is 0 Å². The summed E-state index contributed by atoms with van der Waals surface area (Å²) < 4.78 is 5.28. The molecule has 0 aliphatic heterocycles. The summed E-state index contributed by atoms with van der Waals surface area (Å²) in [4.78, 5) is 40.5. The Morgan fingerprint density at radius 2 is 1.76 bits per heavy atom. The van der Waals surface area contributed by atoms with E-state index in [1.807, 2.05) is 13.8 Å². The lowest BCUT2D eigenvalue weighted by atomic mass is 10.00. The van der Waals surface area contributed by atoms with Crippen LogP contribution in [0.1, 0.15) is 84.4 Å². The van der Waals surface area contributed by atoms with Crippen molar-refractivity contribution in [1.82, 2.24) is 15.5 Å². The SMILES string of the molecule is CCCCNC(=O)C(c1ccc(O)c(C)c1)N(CCCC)C(=O)C(C)NC(=O)OC(C)(C)C. The Kier molecular flexibility index (Phi) is 11.2. The zero-order valence-electron chi connectivity index (χ0n) is 21.2. The minimum Gasteiger partial charge on any atom is -0.508 e. The molecule has 8 nitrogen and oxygen atoms in total. The summed E-state index contributed by atoms with van der Waals surface area (Å²) in [7, 11) is 0. The third-order valence-corrected chi connectivity index (χ3v) is 5.07. The molecule has 0 bridgehead atoms. The topological polar surface area (TPSA) is 108 Å². The molecule has 1 aromatic rings. The number of rotatable bonds is 11. The molecule has 2 unspecified atom stereocenters. The van der Waals surface area contributed by atoms with Gasteiger partial charge in [0.1, 0.15) is 23.4 Å². The highest BCUT2D eigenvalue weighted by atomic mass is 16.6. The lowest BCUT2D eigenvalue weighted by Crippen LogP contribution is -2.52. The maximum atomic E-state index is 13.5. The molecule has 0 aliphatic rings. The molecule has 186 valence electrons. The molecule has 3 amide bonds. The average Bonchev–Trinajstić information content (AvgIpc) is 2.71. The van der Waals surface area contributed by atoms with Crippen molar-refractivity contribution in [1.29, 1.82) is 0 Å². The van der Waals surface area contributed by atoms with Crippen LogP contribution in [0.3, 0.4) is 0 Å². The number of carbonyl (C=O) groups is 3. The van der Waals surface area contributed by atoms with E-state index in [9.17, 15) is 19.5 Å². The van der Waals surface area contributed by atoms with Gasteiger partial charge >= 0.3 is 6.09 Å². The third kappa shape index (κ3) is 9.32. The average molecular weight is 464 g/mol. The Hall–Kier alpha value is -2.77. The summed E-state index contributed by atoms with van der Waals surface area (Å²) in [6.07, 6.45) is 2.59. The number of alkyl carbamates (subject to hydrolysis) is 1. The number of hydrogen-bond acceptors (Lipinski definition) is 5. The first-order valence-electron chi connectivity index (χ1n) is 11.8. The Balaban J connectivity index is 3.28. The fourth-order valence-corrected chi connectivity index (χ4v) is 3.30. The van der Waals surface area contributed by atoms with E-state index < -0.39 is 23.8 Å². The molecule has 0 fully saturated rings. The number of unbranched alkanes of at least 4 members (excludes halogenated alkanes) is 2. The fourth-order valence-electron chi connectivity index (χ4n) is 3.30. The first-order valence-corrected chi connectivity index (χ1v) is 11.8. The Morgan fingerprint density at radius 1 is 1.12 bits per heavy atom. The molecule has 1 rings (SSSR count).